The largest absolute Gasteiger partial charge is 0.490 e. The molecule has 0 heterocycles. The zero-order valence-electron chi connectivity index (χ0n) is 12.2. The topological polar surface area (TPSA) is 76.4 Å². The van der Waals surface area contributed by atoms with Gasteiger partial charge in [0.15, 0.2) is 11.5 Å². The molecule has 2 aromatic carbocycles. The Balaban J connectivity index is 2.54. The average Bonchev–Trinajstić information content (AvgIpc) is 2.52. The van der Waals surface area contributed by atoms with E-state index >= 15 is 0 Å². The lowest BCUT2D eigenvalue weighted by Crippen LogP contribution is -2.13. The molecule has 2 aromatic rings. The van der Waals surface area contributed by atoms with Gasteiger partial charge in [-0.15, -0.1) is 0 Å². The molecule has 9 heteroatoms. The summed E-state index contributed by atoms with van der Waals surface area (Å²) < 4.78 is 49.7. The monoisotopic (exact) mass is 477 g/mol. The van der Waals surface area contributed by atoms with Crippen molar-refractivity contribution in [2.45, 2.75) is 11.8 Å². The molecule has 0 N–H and O–H groups in total. The van der Waals surface area contributed by atoms with E-state index in [1.54, 1.807) is 6.92 Å². The Bertz CT molecular complexity index is 926. The van der Waals surface area contributed by atoms with Crippen molar-refractivity contribution in [1.82, 2.24) is 0 Å². The van der Waals surface area contributed by atoms with Crippen molar-refractivity contribution in [3.05, 3.63) is 50.7 Å². The first kappa shape index (κ1) is 18.7. The molecular weight excluding hydrogens is 469 g/mol. The van der Waals surface area contributed by atoms with Crippen molar-refractivity contribution in [2.75, 3.05) is 6.61 Å². The number of nitrogens with zero attached hydrogens (tertiary/aromatic N) is 1. The van der Waals surface area contributed by atoms with E-state index in [1.807, 2.05) is 6.07 Å². The van der Waals surface area contributed by atoms with Gasteiger partial charge in [-0.2, -0.15) is 13.7 Å². The highest BCUT2D eigenvalue weighted by atomic mass is 79.9. The predicted octanol–water partition coefficient (Wildman–Crippen LogP) is 4.39. The minimum atomic E-state index is -4.45. The van der Waals surface area contributed by atoms with Gasteiger partial charge in [0.2, 0.25) is 0 Å². The number of hydrogen-bond donors (Lipinski definition) is 0. The van der Waals surface area contributed by atoms with E-state index in [0.29, 0.717) is 4.47 Å². The second kappa shape index (κ2) is 7.51. The maximum absolute atomic E-state index is 13.9. The van der Waals surface area contributed by atoms with E-state index in [-0.39, 0.29) is 28.1 Å². The summed E-state index contributed by atoms with van der Waals surface area (Å²) in [6.07, 6.45) is 0. The summed E-state index contributed by atoms with van der Waals surface area (Å²) in [5.74, 6) is -1.04. The van der Waals surface area contributed by atoms with Gasteiger partial charge >= 0.3 is 10.1 Å². The number of benzene rings is 2. The van der Waals surface area contributed by atoms with Gasteiger partial charge in [-0.3, -0.25) is 0 Å². The van der Waals surface area contributed by atoms with E-state index in [9.17, 15) is 12.8 Å². The number of halogens is 3. The third-order valence-corrected chi connectivity index (χ3v) is 5.11. The van der Waals surface area contributed by atoms with Gasteiger partial charge in [-0.1, -0.05) is 15.9 Å². The van der Waals surface area contributed by atoms with Crippen LogP contribution in [0.25, 0.3) is 0 Å². The van der Waals surface area contributed by atoms with Gasteiger partial charge in [0, 0.05) is 10.5 Å². The Morgan fingerprint density at radius 3 is 2.58 bits per heavy atom. The molecule has 0 aliphatic rings. The molecule has 0 aliphatic heterocycles. The van der Waals surface area contributed by atoms with E-state index < -0.39 is 20.8 Å². The average molecular weight is 479 g/mol. The molecule has 2 rings (SSSR count). The van der Waals surface area contributed by atoms with Crippen LogP contribution in [-0.2, 0) is 10.1 Å². The fourth-order valence-corrected chi connectivity index (χ4v) is 4.00. The lowest BCUT2D eigenvalue weighted by atomic mass is 10.2. The molecule has 0 spiro atoms. The van der Waals surface area contributed by atoms with E-state index in [0.717, 1.165) is 12.1 Å². The van der Waals surface area contributed by atoms with Crippen LogP contribution in [0.1, 0.15) is 12.5 Å². The minimum absolute atomic E-state index is 0.0578. The quantitative estimate of drug-likeness (QED) is 0.595. The van der Waals surface area contributed by atoms with Crippen LogP contribution in [0.3, 0.4) is 0 Å². The van der Waals surface area contributed by atoms with Crippen molar-refractivity contribution in [2.24, 2.45) is 0 Å². The van der Waals surface area contributed by atoms with Crippen LogP contribution in [0, 0.1) is 17.1 Å². The van der Waals surface area contributed by atoms with Gasteiger partial charge in [-0.05, 0) is 47.1 Å². The highest BCUT2D eigenvalue weighted by molar-refractivity contribution is 9.10. The molecule has 0 aromatic heterocycles. The number of rotatable bonds is 5. The second-order valence-corrected chi connectivity index (χ2v) is 7.73. The lowest BCUT2D eigenvalue weighted by molar-refractivity contribution is 0.326. The van der Waals surface area contributed by atoms with Crippen LogP contribution >= 0.6 is 31.9 Å². The maximum Gasteiger partial charge on any atom is 0.342 e. The van der Waals surface area contributed by atoms with Gasteiger partial charge in [0.1, 0.15) is 10.7 Å². The molecule has 0 fully saturated rings. The Hall–Kier alpha value is -1.63. The first-order valence-corrected chi connectivity index (χ1v) is 9.54. The molecule has 0 bridgehead atoms. The van der Waals surface area contributed by atoms with E-state index in [2.05, 4.69) is 31.9 Å². The van der Waals surface area contributed by atoms with Crippen LogP contribution < -0.4 is 8.92 Å². The first-order valence-electron chi connectivity index (χ1n) is 6.54. The molecule has 126 valence electrons. The Morgan fingerprint density at radius 2 is 1.96 bits per heavy atom. The summed E-state index contributed by atoms with van der Waals surface area (Å²) in [6, 6.07) is 8.13. The molecule has 0 saturated carbocycles. The Morgan fingerprint density at radius 1 is 1.25 bits per heavy atom. The Kier molecular flexibility index (Phi) is 5.85. The zero-order chi connectivity index (χ0) is 17.9. The summed E-state index contributed by atoms with van der Waals surface area (Å²) in [7, 11) is -4.45. The fourth-order valence-electron chi connectivity index (χ4n) is 1.80. The summed E-state index contributed by atoms with van der Waals surface area (Å²) in [6.45, 7) is 1.92. The van der Waals surface area contributed by atoms with E-state index in [1.165, 1.54) is 18.2 Å². The van der Waals surface area contributed by atoms with Crippen molar-refractivity contribution in [1.29, 1.82) is 5.26 Å². The van der Waals surface area contributed by atoms with Crippen molar-refractivity contribution >= 4 is 42.0 Å². The van der Waals surface area contributed by atoms with Crippen LogP contribution in [0.5, 0.6) is 11.5 Å². The zero-order valence-corrected chi connectivity index (χ0v) is 16.2. The highest BCUT2D eigenvalue weighted by Gasteiger charge is 2.25. The molecule has 0 radical (unpaired) electrons. The first-order chi connectivity index (χ1) is 11.3. The standard InChI is InChI=1S/C15H10Br2FNO4S/c1-2-22-13-6-9(8-19)5-11(17)15(13)23-24(20,21)14-7-10(16)3-4-12(14)18/h3-7H,2H2,1H3. The highest BCUT2D eigenvalue weighted by Crippen LogP contribution is 2.39. The van der Waals surface area contributed by atoms with Crippen molar-refractivity contribution < 1.29 is 21.7 Å². The summed E-state index contributed by atoms with van der Waals surface area (Å²) in [4.78, 5) is -0.615. The van der Waals surface area contributed by atoms with Crippen molar-refractivity contribution in [3.8, 4) is 17.6 Å². The van der Waals surface area contributed by atoms with Gasteiger partial charge in [0.05, 0.1) is 22.7 Å². The Labute approximate surface area is 155 Å². The molecule has 0 atom stereocenters. The van der Waals surface area contributed by atoms with Crippen LogP contribution in [0.4, 0.5) is 4.39 Å². The van der Waals surface area contributed by atoms with Gasteiger partial charge < -0.3 is 8.92 Å². The van der Waals surface area contributed by atoms with Gasteiger partial charge in [-0.25, -0.2) is 4.39 Å². The molecule has 0 saturated heterocycles. The van der Waals surface area contributed by atoms with Crippen LogP contribution in [-0.4, -0.2) is 15.0 Å². The summed E-state index contributed by atoms with van der Waals surface area (Å²) >= 11 is 6.23. The molecule has 0 aliphatic carbocycles. The van der Waals surface area contributed by atoms with Gasteiger partial charge in [0.25, 0.3) is 0 Å². The smallest absolute Gasteiger partial charge is 0.342 e. The molecule has 24 heavy (non-hydrogen) atoms. The van der Waals surface area contributed by atoms with Crippen LogP contribution in [0.2, 0.25) is 0 Å². The minimum Gasteiger partial charge on any atom is -0.490 e. The normalized spacial score (nSPS) is 11.0. The molecular formula is C15H10Br2FNO4S. The molecule has 5 nitrogen and oxygen atoms in total. The molecule has 0 amide bonds. The summed E-state index contributed by atoms with van der Waals surface area (Å²) in [5.41, 5.74) is 0.253. The SMILES string of the molecule is CCOc1cc(C#N)cc(Br)c1OS(=O)(=O)c1cc(Br)ccc1F. The van der Waals surface area contributed by atoms with Crippen molar-refractivity contribution in [3.63, 3.8) is 0 Å². The second-order valence-electron chi connectivity index (χ2n) is 4.44. The third kappa shape index (κ3) is 4.06. The maximum atomic E-state index is 13.9. The predicted molar refractivity (Wildman–Crippen MR) is 91.9 cm³/mol. The number of ether oxygens (including phenoxy) is 1. The van der Waals surface area contributed by atoms with E-state index in [4.69, 9.17) is 14.2 Å². The third-order valence-electron chi connectivity index (χ3n) is 2.79. The molecule has 0 unspecified atom stereocenters. The lowest BCUT2D eigenvalue weighted by Gasteiger charge is -2.14. The number of hydrogen-bond acceptors (Lipinski definition) is 5. The fraction of sp³-hybridized carbons (Fsp3) is 0.133. The van der Waals surface area contributed by atoms with Crippen LogP contribution in [0.15, 0.2) is 44.2 Å². The summed E-state index contributed by atoms with van der Waals surface area (Å²) in [5, 5.41) is 8.98. The number of nitriles is 1.